The standard InChI is InChI=1S/C23H31NO4Si/c1-23(2,3)29(4,5)28-15-19(18-9-7-6-8-10-18)24-22(25)14-17-11-12-20-21(13-17)27-16-26-20/h6-13,19H,14-16H2,1-5H3,(H,24,25)/t19-/m1/s1. The predicted octanol–water partition coefficient (Wildman–Crippen LogP) is 4.84. The SMILES string of the molecule is CC(C)(C)[Si](C)(C)OC[C@@H](NC(=O)Cc1ccc2c(c1)OCO2)c1ccccc1. The average molecular weight is 414 g/mol. The number of carbonyl (C=O) groups excluding carboxylic acids is 1. The third-order valence-corrected chi connectivity index (χ3v) is 10.3. The number of fused-ring (bicyclic) bond motifs is 1. The zero-order valence-corrected chi connectivity index (χ0v) is 19.0. The molecule has 0 spiro atoms. The molecular weight excluding hydrogens is 382 g/mol. The van der Waals surface area contributed by atoms with Crippen LogP contribution in [0.1, 0.15) is 37.9 Å². The van der Waals surface area contributed by atoms with Crippen LogP contribution >= 0.6 is 0 Å². The van der Waals surface area contributed by atoms with Gasteiger partial charge in [0.2, 0.25) is 12.7 Å². The minimum absolute atomic E-state index is 0.0449. The zero-order valence-electron chi connectivity index (χ0n) is 18.0. The van der Waals surface area contributed by atoms with E-state index in [0.29, 0.717) is 12.4 Å². The van der Waals surface area contributed by atoms with Crippen LogP contribution in [-0.4, -0.2) is 27.6 Å². The van der Waals surface area contributed by atoms with Gasteiger partial charge in [-0.3, -0.25) is 4.79 Å². The Balaban J connectivity index is 1.69. The van der Waals surface area contributed by atoms with Crippen molar-refractivity contribution in [2.45, 2.75) is 51.4 Å². The third-order valence-electron chi connectivity index (χ3n) is 5.76. The molecule has 2 aromatic rings. The van der Waals surface area contributed by atoms with Crippen LogP contribution in [0.4, 0.5) is 0 Å². The summed E-state index contributed by atoms with van der Waals surface area (Å²) >= 11 is 0. The molecular formula is C23H31NO4Si. The number of rotatable bonds is 7. The van der Waals surface area contributed by atoms with E-state index in [9.17, 15) is 4.79 Å². The molecule has 2 aromatic carbocycles. The molecule has 29 heavy (non-hydrogen) atoms. The number of carbonyl (C=O) groups is 1. The molecule has 1 aliphatic heterocycles. The Labute approximate surface area is 174 Å². The van der Waals surface area contributed by atoms with Gasteiger partial charge >= 0.3 is 0 Å². The summed E-state index contributed by atoms with van der Waals surface area (Å²) in [6, 6.07) is 15.4. The zero-order chi connectivity index (χ0) is 21.1. The van der Waals surface area contributed by atoms with E-state index in [1.165, 1.54) is 0 Å². The topological polar surface area (TPSA) is 56.8 Å². The van der Waals surface area contributed by atoms with Crippen LogP contribution in [0.2, 0.25) is 18.1 Å². The van der Waals surface area contributed by atoms with Gasteiger partial charge in [-0.25, -0.2) is 0 Å². The van der Waals surface area contributed by atoms with E-state index in [0.717, 1.165) is 16.9 Å². The number of ether oxygens (including phenoxy) is 2. The summed E-state index contributed by atoms with van der Waals surface area (Å²) in [4.78, 5) is 12.8. The van der Waals surface area contributed by atoms with Crippen molar-refractivity contribution in [3.05, 3.63) is 59.7 Å². The van der Waals surface area contributed by atoms with Crippen molar-refractivity contribution >= 4 is 14.2 Å². The van der Waals surface area contributed by atoms with Crippen molar-refractivity contribution in [3.63, 3.8) is 0 Å². The fourth-order valence-corrected chi connectivity index (χ4v) is 3.91. The third kappa shape index (κ3) is 5.39. The molecule has 1 amide bonds. The van der Waals surface area contributed by atoms with Gasteiger partial charge in [0.05, 0.1) is 19.1 Å². The maximum atomic E-state index is 12.8. The average Bonchev–Trinajstić information content (AvgIpc) is 3.12. The first-order chi connectivity index (χ1) is 13.7. The summed E-state index contributed by atoms with van der Waals surface area (Å²) in [5.74, 6) is 1.37. The Morgan fingerprint density at radius 3 is 2.48 bits per heavy atom. The van der Waals surface area contributed by atoms with Crippen molar-refractivity contribution in [1.29, 1.82) is 0 Å². The summed E-state index contributed by atoms with van der Waals surface area (Å²) in [6.45, 7) is 11.8. The molecule has 1 aliphatic rings. The van der Waals surface area contributed by atoms with Crippen molar-refractivity contribution < 1.29 is 18.7 Å². The predicted molar refractivity (Wildman–Crippen MR) is 117 cm³/mol. The largest absolute Gasteiger partial charge is 0.454 e. The van der Waals surface area contributed by atoms with E-state index >= 15 is 0 Å². The smallest absolute Gasteiger partial charge is 0.231 e. The normalized spacial score (nSPS) is 14.5. The second-order valence-electron chi connectivity index (χ2n) is 8.97. The van der Waals surface area contributed by atoms with Gasteiger partial charge in [0.25, 0.3) is 0 Å². The van der Waals surface area contributed by atoms with E-state index in [2.05, 4.69) is 39.2 Å². The lowest BCUT2D eigenvalue weighted by atomic mass is 10.1. The number of benzene rings is 2. The molecule has 0 bridgehead atoms. The van der Waals surface area contributed by atoms with Crippen LogP contribution < -0.4 is 14.8 Å². The Bertz CT molecular complexity index is 846. The highest BCUT2D eigenvalue weighted by Crippen LogP contribution is 2.37. The molecule has 1 N–H and O–H groups in total. The van der Waals surface area contributed by atoms with Gasteiger partial charge in [-0.2, -0.15) is 0 Å². The lowest BCUT2D eigenvalue weighted by Crippen LogP contribution is -2.43. The molecule has 0 saturated carbocycles. The molecule has 0 saturated heterocycles. The van der Waals surface area contributed by atoms with Crippen LogP contribution in [0.3, 0.4) is 0 Å². The molecule has 0 aromatic heterocycles. The minimum Gasteiger partial charge on any atom is -0.454 e. The number of amides is 1. The molecule has 5 nitrogen and oxygen atoms in total. The highest BCUT2D eigenvalue weighted by atomic mass is 28.4. The van der Waals surface area contributed by atoms with Crippen LogP contribution in [0.15, 0.2) is 48.5 Å². The fraction of sp³-hybridized carbons (Fsp3) is 0.435. The first-order valence-electron chi connectivity index (χ1n) is 10.0. The highest BCUT2D eigenvalue weighted by molar-refractivity contribution is 6.74. The van der Waals surface area contributed by atoms with Crippen molar-refractivity contribution in [1.82, 2.24) is 5.32 Å². The van der Waals surface area contributed by atoms with Crippen LogP contribution in [0.5, 0.6) is 11.5 Å². The van der Waals surface area contributed by atoms with E-state index < -0.39 is 8.32 Å². The first kappa shape index (κ1) is 21.4. The molecule has 0 aliphatic carbocycles. The lowest BCUT2D eigenvalue weighted by molar-refractivity contribution is -0.121. The van der Waals surface area contributed by atoms with E-state index in [1.807, 2.05) is 48.5 Å². The summed E-state index contributed by atoms with van der Waals surface area (Å²) in [5, 5.41) is 3.28. The molecule has 1 atom stereocenters. The lowest BCUT2D eigenvalue weighted by Gasteiger charge is -2.37. The maximum absolute atomic E-state index is 12.8. The monoisotopic (exact) mass is 413 g/mol. The first-order valence-corrected chi connectivity index (χ1v) is 12.9. The molecule has 0 radical (unpaired) electrons. The Morgan fingerprint density at radius 2 is 1.79 bits per heavy atom. The van der Waals surface area contributed by atoms with E-state index in [1.54, 1.807) is 0 Å². The Hall–Kier alpha value is -2.31. The van der Waals surface area contributed by atoms with Crippen LogP contribution in [0, 0.1) is 0 Å². The molecule has 0 fully saturated rings. The van der Waals surface area contributed by atoms with Gasteiger partial charge in [-0.1, -0.05) is 57.2 Å². The van der Waals surface area contributed by atoms with Gasteiger partial charge in [0.15, 0.2) is 19.8 Å². The minimum atomic E-state index is -1.92. The Morgan fingerprint density at radius 1 is 1.10 bits per heavy atom. The van der Waals surface area contributed by atoms with Gasteiger partial charge in [0, 0.05) is 0 Å². The van der Waals surface area contributed by atoms with Gasteiger partial charge < -0.3 is 19.2 Å². The van der Waals surface area contributed by atoms with Crippen molar-refractivity contribution in [3.8, 4) is 11.5 Å². The van der Waals surface area contributed by atoms with Gasteiger partial charge in [0.1, 0.15) is 0 Å². The molecule has 0 unspecified atom stereocenters. The second kappa shape index (κ2) is 8.59. The molecule has 3 rings (SSSR count). The van der Waals surface area contributed by atoms with Gasteiger partial charge in [-0.15, -0.1) is 0 Å². The Kier molecular flexibility index (Phi) is 6.34. The van der Waals surface area contributed by atoms with Crippen LogP contribution in [-0.2, 0) is 15.6 Å². The van der Waals surface area contributed by atoms with E-state index in [-0.39, 0.29) is 30.2 Å². The maximum Gasteiger partial charge on any atom is 0.231 e. The van der Waals surface area contributed by atoms with Crippen molar-refractivity contribution in [2.24, 2.45) is 0 Å². The molecule has 156 valence electrons. The van der Waals surface area contributed by atoms with Crippen LogP contribution in [0.25, 0.3) is 0 Å². The number of hydrogen-bond donors (Lipinski definition) is 1. The van der Waals surface area contributed by atoms with Gasteiger partial charge in [-0.05, 0) is 41.4 Å². The summed E-state index contributed by atoms with van der Waals surface area (Å²) in [6.07, 6.45) is 0.278. The molecule has 1 heterocycles. The molecule has 6 heteroatoms. The summed E-state index contributed by atoms with van der Waals surface area (Å²) < 4.78 is 17.2. The second-order valence-corrected chi connectivity index (χ2v) is 13.8. The quantitative estimate of drug-likeness (QED) is 0.660. The van der Waals surface area contributed by atoms with E-state index in [4.69, 9.17) is 13.9 Å². The number of hydrogen-bond acceptors (Lipinski definition) is 4. The number of nitrogens with one attached hydrogen (secondary N) is 1. The highest BCUT2D eigenvalue weighted by Gasteiger charge is 2.37. The summed E-state index contributed by atoms with van der Waals surface area (Å²) in [7, 11) is -1.92. The van der Waals surface area contributed by atoms with Crippen molar-refractivity contribution in [2.75, 3.05) is 13.4 Å². The summed E-state index contributed by atoms with van der Waals surface area (Å²) in [5.41, 5.74) is 1.94. The fourth-order valence-electron chi connectivity index (χ4n) is 2.90.